The van der Waals surface area contributed by atoms with Gasteiger partial charge < -0.3 is 9.47 Å². The molecular weight excluding hydrogens is 200 g/mol. The van der Waals surface area contributed by atoms with Crippen LogP contribution < -0.4 is 0 Å². The highest BCUT2D eigenvalue weighted by molar-refractivity contribution is 5.96. The van der Waals surface area contributed by atoms with Crippen LogP contribution >= 0.6 is 0 Å². The minimum Gasteiger partial charge on any atom is -0.454 e. The van der Waals surface area contributed by atoms with Crippen molar-refractivity contribution in [2.75, 3.05) is 6.61 Å². The number of allylic oxidation sites excluding steroid dienone is 1. The maximum Gasteiger partial charge on any atom is 0.352 e. The molecule has 0 aromatic carbocycles. The van der Waals surface area contributed by atoms with Gasteiger partial charge in [-0.05, 0) is 13.3 Å². The molecule has 15 heavy (non-hydrogen) atoms. The average Bonchev–Trinajstić information content (AvgIpc) is 2.15. The van der Waals surface area contributed by atoms with E-state index >= 15 is 0 Å². The molecule has 0 unspecified atom stereocenters. The van der Waals surface area contributed by atoms with Gasteiger partial charge in [-0.1, -0.05) is 13.0 Å². The summed E-state index contributed by atoms with van der Waals surface area (Å²) < 4.78 is 8.75. The van der Waals surface area contributed by atoms with Crippen molar-refractivity contribution < 1.29 is 23.9 Å². The van der Waals surface area contributed by atoms with E-state index < -0.39 is 24.5 Å². The highest BCUT2D eigenvalue weighted by atomic mass is 16.6. The maximum atomic E-state index is 11.1. The fraction of sp³-hybridized carbons (Fsp3) is 0.500. The Balaban J connectivity index is 4.02. The van der Waals surface area contributed by atoms with Crippen molar-refractivity contribution in [2.24, 2.45) is 0 Å². The summed E-state index contributed by atoms with van der Waals surface area (Å²) >= 11 is 0. The molecule has 0 saturated heterocycles. The standard InChI is InChI=1S/C10H14O5/c1-4-5-7(2)10(13)15-9(12)6-14-8(3)11/h5H,4,6H2,1-3H3. The lowest BCUT2D eigenvalue weighted by atomic mass is 10.2. The summed E-state index contributed by atoms with van der Waals surface area (Å²) in [5.41, 5.74) is 0.355. The molecule has 0 fully saturated rings. The van der Waals surface area contributed by atoms with E-state index in [0.717, 1.165) is 6.92 Å². The number of carbonyl (C=O) groups is 3. The lowest BCUT2D eigenvalue weighted by molar-refractivity contribution is -0.164. The van der Waals surface area contributed by atoms with Crippen LogP contribution in [-0.4, -0.2) is 24.5 Å². The van der Waals surface area contributed by atoms with E-state index in [-0.39, 0.29) is 0 Å². The summed E-state index contributed by atoms with van der Waals surface area (Å²) in [7, 11) is 0. The first-order chi connectivity index (χ1) is 6.97. The molecule has 0 aliphatic heterocycles. The Bertz CT molecular complexity index is 290. The Morgan fingerprint density at radius 1 is 1.20 bits per heavy atom. The molecule has 5 nitrogen and oxygen atoms in total. The third kappa shape index (κ3) is 6.42. The predicted molar refractivity (Wildman–Crippen MR) is 51.8 cm³/mol. The van der Waals surface area contributed by atoms with Crippen LogP contribution in [0.15, 0.2) is 11.6 Å². The quantitative estimate of drug-likeness (QED) is 0.396. The first-order valence-corrected chi connectivity index (χ1v) is 4.52. The maximum absolute atomic E-state index is 11.1. The molecule has 0 amide bonds. The number of rotatable bonds is 4. The molecule has 0 radical (unpaired) electrons. The number of hydrogen-bond donors (Lipinski definition) is 0. The van der Waals surface area contributed by atoms with Gasteiger partial charge in [0.15, 0.2) is 6.61 Å². The minimum absolute atomic E-state index is 0.355. The SMILES string of the molecule is CCC=C(C)C(=O)OC(=O)COC(C)=O. The van der Waals surface area contributed by atoms with Crippen molar-refractivity contribution in [1.82, 2.24) is 0 Å². The van der Waals surface area contributed by atoms with Gasteiger partial charge in [0.2, 0.25) is 0 Å². The molecule has 5 heteroatoms. The van der Waals surface area contributed by atoms with Crippen molar-refractivity contribution in [3.8, 4) is 0 Å². The molecule has 0 aromatic rings. The molecule has 0 atom stereocenters. The van der Waals surface area contributed by atoms with Gasteiger partial charge in [0.1, 0.15) is 0 Å². The Morgan fingerprint density at radius 2 is 1.80 bits per heavy atom. The molecule has 0 bridgehead atoms. The smallest absolute Gasteiger partial charge is 0.352 e. The lowest BCUT2D eigenvalue weighted by Gasteiger charge is -2.02. The van der Waals surface area contributed by atoms with Gasteiger partial charge in [0.05, 0.1) is 0 Å². The highest BCUT2D eigenvalue weighted by Crippen LogP contribution is 1.99. The summed E-state index contributed by atoms with van der Waals surface area (Å²) in [4.78, 5) is 32.4. The molecule has 0 spiro atoms. The van der Waals surface area contributed by atoms with Gasteiger partial charge in [-0.15, -0.1) is 0 Å². The third-order valence-corrected chi connectivity index (χ3v) is 1.43. The van der Waals surface area contributed by atoms with Crippen LogP contribution in [0.4, 0.5) is 0 Å². The van der Waals surface area contributed by atoms with Crippen molar-refractivity contribution in [3.05, 3.63) is 11.6 Å². The molecular formula is C10H14O5. The van der Waals surface area contributed by atoms with E-state index in [2.05, 4.69) is 9.47 Å². The molecule has 0 rings (SSSR count). The monoisotopic (exact) mass is 214 g/mol. The van der Waals surface area contributed by atoms with Crippen molar-refractivity contribution in [1.29, 1.82) is 0 Å². The van der Waals surface area contributed by atoms with Gasteiger partial charge in [-0.2, -0.15) is 0 Å². The average molecular weight is 214 g/mol. The van der Waals surface area contributed by atoms with Crippen molar-refractivity contribution in [3.63, 3.8) is 0 Å². The van der Waals surface area contributed by atoms with Gasteiger partial charge in [0.25, 0.3) is 0 Å². The van der Waals surface area contributed by atoms with Gasteiger partial charge >= 0.3 is 17.9 Å². The summed E-state index contributed by atoms with van der Waals surface area (Å²) in [5, 5.41) is 0. The summed E-state index contributed by atoms with van der Waals surface area (Å²) in [6.45, 7) is 4.03. The molecule has 0 aliphatic carbocycles. The Labute approximate surface area is 88.0 Å². The minimum atomic E-state index is -0.876. The van der Waals surface area contributed by atoms with E-state index in [9.17, 15) is 14.4 Å². The fourth-order valence-corrected chi connectivity index (χ4v) is 0.763. The van der Waals surface area contributed by atoms with E-state index in [1.807, 2.05) is 6.92 Å². The van der Waals surface area contributed by atoms with Gasteiger partial charge in [0, 0.05) is 12.5 Å². The van der Waals surface area contributed by atoms with Crippen molar-refractivity contribution >= 4 is 17.9 Å². The molecule has 0 aromatic heterocycles. The largest absolute Gasteiger partial charge is 0.454 e. The van der Waals surface area contributed by atoms with Crippen LogP contribution in [0.5, 0.6) is 0 Å². The number of ether oxygens (including phenoxy) is 2. The zero-order valence-electron chi connectivity index (χ0n) is 9.03. The highest BCUT2D eigenvalue weighted by Gasteiger charge is 2.12. The molecule has 0 saturated carbocycles. The van der Waals surface area contributed by atoms with Crippen LogP contribution in [0.2, 0.25) is 0 Å². The van der Waals surface area contributed by atoms with E-state index in [0.29, 0.717) is 12.0 Å². The molecule has 0 N–H and O–H groups in total. The molecule has 0 heterocycles. The topological polar surface area (TPSA) is 69.7 Å². The van der Waals surface area contributed by atoms with Crippen LogP contribution in [0.25, 0.3) is 0 Å². The van der Waals surface area contributed by atoms with E-state index in [4.69, 9.17) is 0 Å². The second-order valence-corrected chi connectivity index (χ2v) is 2.84. The first-order valence-electron chi connectivity index (χ1n) is 4.52. The summed E-state index contributed by atoms with van der Waals surface area (Å²) in [6.07, 6.45) is 2.32. The zero-order chi connectivity index (χ0) is 11.8. The van der Waals surface area contributed by atoms with Crippen LogP contribution in [0.1, 0.15) is 27.2 Å². The van der Waals surface area contributed by atoms with E-state index in [1.54, 1.807) is 13.0 Å². The molecule has 0 aliphatic rings. The summed E-state index contributed by atoms with van der Waals surface area (Å²) in [5.74, 6) is -2.19. The van der Waals surface area contributed by atoms with Crippen molar-refractivity contribution in [2.45, 2.75) is 27.2 Å². The van der Waals surface area contributed by atoms with Gasteiger partial charge in [-0.3, -0.25) is 4.79 Å². The second kappa shape index (κ2) is 6.75. The lowest BCUT2D eigenvalue weighted by Crippen LogP contribution is -2.19. The Hall–Kier alpha value is -1.65. The normalized spacial score (nSPS) is 10.7. The summed E-state index contributed by atoms with van der Waals surface area (Å²) in [6, 6.07) is 0. The third-order valence-electron chi connectivity index (χ3n) is 1.43. The van der Waals surface area contributed by atoms with Crippen LogP contribution in [0.3, 0.4) is 0 Å². The first kappa shape index (κ1) is 13.4. The number of carbonyl (C=O) groups excluding carboxylic acids is 3. The fourth-order valence-electron chi connectivity index (χ4n) is 0.763. The Kier molecular flexibility index (Phi) is 6.01. The molecule has 84 valence electrons. The van der Waals surface area contributed by atoms with Crippen LogP contribution in [0, 0.1) is 0 Å². The van der Waals surface area contributed by atoms with E-state index in [1.165, 1.54) is 0 Å². The Morgan fingerprint density at radius 3 is 2.27 bits per heavy atom. The second-order valence-electron chi connectivity index (χ2n) is 2.84. The van der Waals surface area contributed by atoms with Gasteiger partial charge in [-0.25, -0.2) is 9.59 Å². The number of hydrogen-bond acceptors (Lipinski definition) is 5. The zero-order valence-corrected chi connectivity index (χ0v) is 9.03. The van der Waals surface area contributed by atoms with Crippen LogP contribution in [-0.2, 0) is 23.9 Å². The predicted octanol–water partition coefficient (Wildman–Crippen LogP) is 0.976. The number of esters is 3.